The van der Waals surface area contributed by atoms with Crippen molar-refractivity contribution in [2.45, 2.75) is 45.2 Å². The molecule has 1 aliphatic carbocycles. The maximum Gasteiger partial charge on any atom is 0.490 e. The SMILES string of the molecule is CCOC(=O)C1CCCCC1.O=C(O)C(F)(F)F. The van der Waals surface area contributed by atoms with Gasteiger partial charge in [-0.1, -0.05) is 19.3 Å². The van der Waals surface area contributed by atoms with E-state index in [4.69, 9.17) is 14.6 Å². The molecule has 0 amide bonds. The number of carboxylic acids is 1. The van der Waals surface area contributed by atoms with Crippen LogP contribution in [0.15, 0.2) is 0 Å². The van der Waals surface area contributed by atoms with Crippen LogP contribution in [0.3, 0.4) is 0 Å². The molecule has 1 rings (SSSR count). The quantitative estimate of drug-likeness (QED) is 0.784. The number of carboxylic acid groups (broad SMARTS) is 1. The fourth-order valence-electron chi connectivity index (χ4n) is 1.60. The van der Waals surface area contributed by atoms with E-state index in [0.29, 0.717) is 6.61 Å². The standard InChI is InChI=1S/C9H16O2.C2HF3O2/c1-2-11-9(10)8-6-4-3-5-7-8;3-2(4,5)1(6)7/h8H,2-7H2,1H3;(H,6,7). The third kappa shape index (κ3) is 7.13. The third-order valence-corrected chi connectivity index (χ3v) is 2.47. The Morgan fingerprint density at radius 3 is 2.00 bits per heavy atom. The Hall–Kier alpha value is -1.27. The first kappa shape index (κ1) is 16.7. The molecule has 0 saturated heterocycles. The normalized spacial score (nSPS) is 16.4. The summed E-state index contributed by atoms with van der Waals surface area (Å²) in [5.74, 6) is -2.52. The minimum Gasteiger partial charge on any atom is -0.475 e. The Morgan fingerprint density at radius 1 is 1.22 bits per heavy atom. The van der Waals surface area contributed by atoms with Crippen molar-refractivity contribution in [1.82, 2.24) is 0 Å². The molecule has 0 unspecified atom stereocenters. The number of aliphatic carboxylic acids is 1. The summed E-state index contributed by atoms with van der Waals surface area (Å²) in [6.07, 6.45) is 0.681. The zero-order valence-electron chi connectivity index (χ0n) is 10.1. The zero-order valence-corrected chi connectivity index (χ0v) is 10.1. The highest BCUT2D eigenvalue weighted by molar-refractivity contribution is 5.73. The number of hydrogen-bond acceptors (Lipinski definition) is 3. The molecule has 18 heavy (non-hydrogen) atoms. The van der Waals surface area contributed by atoms with E-state index in [1.807, 2.05) is 6.92 Å². The van der Waals surface area contributed by atoms with E-state index in [0.717, 1.165) is 12.8 Å². The van der Waals surface area contributed by atoms with E-state index in [2.05, 4.69) is 0 Å². The molecule has 0 aromatic rings. The van der Waals surface area contributed by atoms with Gasteiger partial charge in [0, 0.05) is 0 Å². The molecule has 0 heterocycles. The number of carbonyl (C=O) groups excluding carboxylic acids is 1. The molecule has 1 aliphatic rings. The van der Waals surface area contributed by atoms with Crippen LogP contribution in [0.1, 0.15) is 39.0 Å². The summed E-state index contributed by atoms with van der Waals surface area (Å²) < 4.78 is 36.7. The van der Waals surface area contributed by atoms with Crippen LogP contribution >= 0.6 is 0 Å². The Kier molecular flexibility index (Phi) is 7.38. The number of hydrogen-bond donors (Lipinski definition) is 1. The van der Waals surface area contributed by atoms with Crippen molar-refractivity contribution in [1.29, 1.82) is 0 Å². The van der Waals surface area contributed by atoms with Gasteiger partial charge in [0.1, 0.15) is 0 Å². The van der Waals surface area contributed by atoms with Gasteiger partial charge in [0.15, 0.2) is 0 Å². The minimum absolute atomic E-state index is 0.0206. The van der Waals surface area contributed by atoms with Crippen LogP contribution in [0.2, 0.25) is 0 Å². The largest absolute Gasteiger partial charge is 0.490 e. The van der Waals surface area contributed by atoms with Crippen LogP contribution < -0.4 is 0 Å². The minimum atomic E-state index is -5.08. The molecule has 1 N–H and O–H groups in total. The Labute approximate surface area is 103 Å². The fourth-order valence-corrected chi connectivity index (χ4v) is 1.60. The monoisotopic (exact) mass is 270 g/mol. The van der Waals surface area contributed by atoms with Gasteiger partial charge in [-0.2, -0.15) is 13.2 Å². The number of ether oxygens (including phenoxy) is 1. The Bertz CT molecular complexity index is 270. The average molecular weight is 270 g/mol. The third-order valence-electron chi connectivity index (χ3n) is 2.47. The molecule has 0 aliphatic heterocycles. The first-order valence-corrected chi connectivity index (χ1v) is 5.75. The maximum absolute atomic E-state index is 11.2. The summed E-state index contributed by atoms with van der Waals surface area (Å²) in [5.41, 5.74) is 0. The van der Waals surface area contributed by atoms with E-state index < -0.39 is 12.1 Å². The predicted molar refractivity (Wildman–Crippen MR) is 56.9 cm³/mol. The van der Waals surface area contributed by atoms with Crippen molar-refractivity contribution < 1.29 is 32.6 Å². The molecule has 0 aromatic carbocycles. The lowest BCUT2D eigenvalue weighted by atomic mass is 9.89. The van der Waals surface area contributed by atoms with Crippen molar-refractivity contribution in [3.05, 3.63) is 0 Å². The lowest BCUT2D eigenvalue weighted by molar-refractivity contribution is -0.192. The highest BCUT2D eigenvalue weighted by Crippen LogP contribution is 2.24. The van der Waals surface area contributed by atoms with Gasteiger partial charge in [-0.25, -0.2) is 4.79 Å². The molecule has 0 atom stereocenters. The number of halogens is 3. The number of alkyl halides is 3. The molecule has 7 heteroatoms. The molecule has 106 valence electrons. The fraction of sp³-hybridized carbons (Fsp3) is 0.818. The van der Waals surface area contributed by atoms with E-state index in [-0.39, 0.29) is 11.9 Å². The van der Waals surface area contributed by atoms with Gasteiger partial charge in [-0.3, -0.25) is 4.79 Å². The number of esters is 1. The summed E-state index contributed by atoms with van der Waals surface area (Å²) in [7, 11) is 0. The Morgan fingerprint density at radius 2 is 1.67 bits per heavy atom. The van der Waals surface area contributed by atoms with Gasteiger partial charge in [-0.15, -0.1) is 0 Å². The van der Waals surface area contributed by atoms with Crippen molar-refractivity contribution >= 4 is 11.9 Å². The van der Waals surface area contributed by atoms with Crippen LogP contribution in [-0.2, 0) is 14.3 Å². The highest BCUT2D eigenvalue weighted by atomic mass is 19.4. The van der Waals surface area contributed by atoms with Crippen LogP contribution in [-0.4, -0.2) is 29.8 Å². The van der Waals surface area contributed by atoms with Crippen molar-refractivity contribution in [2.75, 3.05) is 6.61 Å². The van der Waals surface area contributed by atoms with Crippen LogP contribution in [0.4, 0.5) is 13.2 Å². The van der Waals surface area contributed by atoms with Crippen molar-refractivity contribution in [3.8, 4) is 0 Å². The van der Waals surface area contributed by atoms with E-state index >= 15 is 0 Å². The molecule has 1 fully saturated rings. The second-order valence-corrected chi connectivity index (χ2v) is 3.89. The van der Waals surface area contributed by atoms with E-state index in [1.165, 1.54) is 19.3 Å². The summed E-state index contributed by atoms with van der Waals surface area (Å²) in [6.45, 7) is 2.38. The van der Waals surface area contributed by atoms with Gasteiger partial charge in [0.2, 0.25) is 0 Å². The summed E-state index contributed by atoms with van der Waals surface area (Å²) >= 11 is 0. The van der Waals surface area contributed by atoms with Crippen LogP contribution in [0, 0.1) is 5.92 Å². The second-order valence-electron chi connectivity index (χ2n) is 3.89. The van der Waals surface area contributed by atoms with Gasteiger partial charge in [0.05, 0.1) is 12.5 Å². The predicted octanol–water partition coefficient (Wildman–Crippen LogP) is 2.76. The molecule has 0 spiro atoms. The van der Waals surface area contributed by atoms with E-state index in [9.17, 15) is 18.0 Å². The second kappa shape index (κ2) is 7.94. The average Bonchev–Trinajstić information content (AvgIpc) is 2.30. The molecule has 0 aromatic heterocycles. The van der Waals surface area contributed by atoms with Crippen molar-refractivity contribution in [3.63, 3.8) is 0 Å². The van der Waals surface area contributed by atoms with Gasteiger partial charge < -0.3 is 9.84 Å². The lowest BCUT2D eigenvalue weighted by Gasteiger charge is -2.19. The lowest BCUT2D eigenvalue weighted by Crippen LogP contribution is -2.21. The zero-order chi connectivity index (χ0) is 14.2. The number of carbonyl (C=O) groups is 2. The molecule has 4 nitrogen and oxygen atoms in total. The molecule has 1 saturated carbocycles. The highest BCUT2D eigenvalue weighted by Gasteiger charge is 2.38. The molecular formula is C11H17F3O4. The van der Waals surface area contributed by atoms with Gasteiger partial charge in [-0.05, 0) is 19.8 Å². The Balaban J connectivity index is 0.000000360. The van der Waals surface area contributed by atoms with Crippen LogP contribution in [0.5, 0.6) is 0 Å². The van der Waals surface area contributed by atoms with E-state index in [1.54, 1.807) is 0 Å². The summed E-state index contributed by atoms with van der Waals surface area (Å²) in [4.78, 5) is 20.1. The maximum atomic E-state index is 11.2. The summed E-state index contributed by atoms with van der Waals surface area (Å²) in [5, 5.41) is 7.12. The van der Waals surface area contributed by atoms with Crippen LogP contribution in [0.25, 0.3) is 0 Å². The molecular weight excluding hydrogens is 253 g/mol. The first-order chi connectivity index (χ1) is 8.29. The molecule has 0 radical (unpaired) electrons. The number of rotatable bonds is 2. The van der Waals surface area contributed by atoms with Gasteiger partial charge >= 0.3 is 18.1 Å². The van der Waals surface area contributed by atoms with Crippen molar-refractivity contribution in [2.24, 2.45) is 5.92 Å². The molecule has 0 bridgehead atoms. The topological polar surface area (TPSA) is 63.6 Å². The summed E-state index contributed by atoms with van der Waals surface area (Å²) in [6, 6.07) is 0. The smallest absolute Gasteiger partial charge is 0.475 e. The first-order valence-electron chi connectivity index (χ1n) is 5.75. The van der Waals surface area contributed by atoms with Gasteiger partial charge in [0.25, 0.3) is 0 Å².